The van der Waals surface area contributed by atoms with Crippen LogP contribution in [0.25, 0.3) is 22.6 Å². The molecule has 0 N–H and O–H groups in total. The molecule has 2 aromatic heterocycles. The highest BCUT2D eigenvalue weighted by Gasteiger charge is 2.17. The van der Waals surface area contributed by atoms with Gasteiger partial charge in [0.15, 0.2) is 5.82 Å². The summed E-state index contributed by atoms with van der Waals surface area (Å²) in [5.74, 6) is 3.27. The molecule has 168 valence electrons. The van der Waals surface area contributed by atoms with Crippen LogP contribution in [0.15, 0.2) is 72.9 Å². The lowest BCUT2D eigenvalue weighted by molar-refractivity contribution is 0.0364. The molecule has 3 heterocycles. The number of nitrogens with zero attached hydrogens (tertiary/aromatic N) is 5. The average molecular weight is 442 g/mol. The third-order valence-electron chi connectivity index (χ3n) is 5.84. The number of hydrogen-bond acceptors (Lipinski definition) is 6. The van der Waals surface area contributed by atoms with Gasteiger partial charge in [-0.05, 0) is 42.8 Å². The van der Waals surface area contributed by atoms with E-state index in [-0.39, 0.29) is 0 Å². The zero-order valence-electron chi connectivity index (χ0n) is 18.7. The molecule has 7 heteroatoms. The van der Waals surface area contributed by atoms with Crippen LogP contribution >= 0.6 is 0 Å². The van der Waals surface area contributed by atoms with Crippen LogP contribution in [0.3, 0.4) is 0 Å². The Morgan fingerprint density at radius 3 is 2.55 bits per heavy atom. The first kappa shape index (κ1) is 21.3. The van der Waals surface area contributed by atoms with Crippen molar-refractivity contribution in [1.29, 1.82) is 0 Å². The summed E-state index contributed by atoms with van der Waals surface area (Å²) in [5, 5.41) is 8.79. The van der Waals surface area contributed by atoms with Gasteiger partial charge in [-0.2, -0.15) is 0 Å². The molecule has 1 aliphatic heterocycles. The van der Waals surface area contributed by atoms with Gasteiger partial charge in [0.05, 0.1) is 13.2 Å². The van der Waals surface area contributed by atoms with Gasteiger partial charge >= 0.3 is 0 Å². The summed E-state index contributed by atoms with van der Waals surface area (Å²) >= 11 is 0. The summed E-state index contributed by atoms with van der Waals surface area (Å²) in [6.45, 7) is 7.24. The second-order valence-corrected chi connectivity index (χ2v) is 8.02. The van der Waals surface area contributed by atoms with E-state index in [2.05, 4.69) is 36.8 Å². The summed E-state index contributed by atoms with van der Waals surface area (Å²) in [7, 11) is 0. The molecule has 1 fully saturated rings. The fourth-order valence-corrected chi connectivity index (χ4v) is 4.03. The highest BCUT2D eigenvalue weighted by atomic mass is 16.5. The number of benzene rings is 2. The largest absolute Gasteiger partial charge is 0.457 e. The molecule has 0 spiro atoms. The molecular formula is C26H27N5O2. The van der Waals surface area contributed by atoms with Crippen LogP contribution in [0.2, 0.25) is 0 Å². The molecule has 1 saturated heterocycles. The van der Waals surface area contributed by atoms with Crippen LogP contribution in [-0.2, 0) is 11.3 Å². The van der Waals surface area contributed by atoms with Gasteiger partial charge in [0.25, 0.3) is 0 Å². The molecule has 0 saturated carbocycles. The Balaban J connectivity index is 1.42. The van der Waals surface area contributed by atoms with Crippen LogP contribution in [0.4, 0.5) is 0 Å². The van der Waals surface area contributed by atoms with Crippen molar-refractivity contribution < 1.29 is 9.47 Å². The van der Waals surface area contributed by atoms with Crippen molar-refractivity contribution in [3.63, 3.8) is 0 Å². The van der Waals surface area contributed by atoms with Crippen molar-refractivity contribution in [2.24, 2.45) is 0 Å². The van der Waals surface area contributed by atoms with Crippen LogP contribution in [0.1, 0.15) is 5.82 Å². The monoisotopic (exact) mass is 441 g/mol. The lowest BCUT2D eigenvalue weighted by atomic mass is 10.0. The summed E-state index contributed by atoms with van der Waals surface area (Å²) < 4.78 is 13.8. The van der Waals surface area contributed by atoms with Crippen molar-refractivity contribution in [3.8, 4) is 34.1 Å². The normalized spacial score (nSPS) is 14.3. The predicted molar refractivity (Wildman–Crippen MR) is 127 cm³/mol. The molecule has 7 nitrogen and oxygen atoms in total. The first-order valence-electron chi connectivity index (χ1n) is 11.3. The molecule has 4 aromatic rings. The van der Waals surface area contributed by atoms with Gasteiger partial charge in [-0.25, -0.2) is 0 Å². The highest BCUT2D eigenvalue weighted by Crippen LogP contribution is 2.34. The van der Waals surface area contributed by atoms with Gasteiger partial charge in [0.2, 0.25) is 0 Å². The minimum absolute atomic E-state index is 0.782. The molecule has 0 bridgehead atoms. The lowest BCUT2D eigenvalue weighted by Gasteiger charge is -2.26. The van der Waals surface area contributed by atoms with E-state index in [1.165, 1.54) is 0 Å². The standard InChI is InChI=1S/C26H27N5O2/c1-20-28-29-26(31(20)14-13-30-15-17-32-18-16-30)24-19-21(11-12-27-24)23-9-5-6-10-25(23)33-22-7-3-2-4-8-22/h2-12,19H,13-18H2,1H3. The maximum atomic E-state index is 6.17. The Morgan fingerprint density at radius 1 is 0.909 bits per heavy atom. The van der Waals surface area contributed by atoms with E-state index >= 15 is 0 Å². The molecule has 0 amide bonds. The summed E-state index contributed by atoms with van der Waals surface area (Å²) in [4.78, 5) is 7.03. The zero-order chi connectivity index (χ0) is 22.5. The summed E-state index contributed by atoms with van der Waals surface area (Å²) in [5.41, 5.74) is 2.82. The van der Waals surface area contributed by atoms with Crippen LogP contribution in [0.5, 0.6) is 11.5 Å². The van der Waals surface area contributed by atoms with E-state index < -0.39 is 0 Å². The smallest absolute Gasteiger partial charge is 0.182 e. The second-order valence-electron chi connectivity index (χ2n) is 8.02. The van der Waals surface area contributed by atoms with Crippen molar-refractivity contribution in [2.45, 2.75) is 13.5 Å². The Hall–Kier alpha value is -3.55. The quantitative estimate of drug-likeness (QED) is 0.422. The second kappa shape index (κ2) is 9.94. The van der Waals surface area contributed by atoms with E-state index in [0.717, 1.165) is 79.4 Å². The summed E-state index contributed by atoms with van der Waals surface area (Å²) in [6, 6.07) is 21.9. The van der Waals surface area contributed by atoms with Crippen molar-refractivity contribution in [1.82, 2.24) is 24.6 Å². The van der Waals surface area contributed by atoms with Crippen LogP contribution < -0.4 is 4.74 Å². The van der Waals surface area contributed by atoms with E-state index in [1.807, 2.05) is 67.7 Å². The number of para-hydroxylation sites is 2. The number of pyridine rings is 1. The van der Waals surface area contributed by atoms with E-state index in [4.69, 9.17) is 9.47 Å². The van der Waals surface area contributed by atoms with Gasteiger partial charge in [0, 0.05) is 37.9 Å². The third kappa shape index (κ3) is 4.94. The highest BCUT2D eigenvalue weighted by molar-refractivity contribution is 5.73. The van der Waals surface area contributed by atoms with Crippen molar-refractivity contribution in [2.75, 3.05) is 32.8 Å². The molecular weight excluding hydrogens is 414 g/mol. The predicted octanol–water partition coefficient (Wildman–Crippen LogP) is 4.44. The lowest BCUT2D eigenvalue weighted by Crippen LogP contribution is -2.38. The molecule has 2 aromatic carbocycles. The van der Waals surface area contributed by atoms with E-state index in [1.54, 1.807) is 0 Å². The van der Waals surface area contributed by atoms with Crippen molar-refractivity contribution >= 4 is 0 Å². The number of aromatic nitrogens is 4. The molecule has 0 aliphatic carbocycles. The van der Waals surface area contributed by atoms with Crippen molar-refractivity contribution in [3.05, 3.63) is 78.8 Å². The maximum Gasteiger partial charge on any atom is 0.182 e. The number of hydrogen-bond donors (Lipinski definition) is 0. The number of rotatable bonds is 7. The number of ether oxygens (including phenoxy) is 2. The van der Waals surface area contributed by atoms with Gasteiger partial charge in [-0.15, -0.1) is 10.2 Å². The maximum absolute atomic E-state index is 6.17. The summed E-state index contributed by atoms with van der Waals surface area (Å²) in [6.07, 6.45) is 1.82. The molecule has 0 unspecified atom stereocenters. The van der Waals surface area contributed by atoms with Crippen LogP contribution in [0, 0.1) is 6.92 Å². The van der Waals surface area contributed by atoms with Gasteiger partial charge in [-0.3, -0.25) is 9.88 Å². The molecule has 33 heavy (non-hydrogen) atoms. The number of aryl methyl sites for hydroxylation is 1. The third-order valence-corrected chi connectivity index (χ3v) is 5.84. The topological polar surface area (TPSA) is 65.3 Å². The molecule has 0 radical (unpaired) electrons. The first-order chi connectivity index (χ1) is 16.3. The SMILES string of the molecule is Cc1nnc(-c2cc(-c3ccccc3Oc3ccccc3)ccn2)n1CCN1CCOCC1. The van der Waals surface area contributed by atoms with Gasteiger partial charge in [0.1, 0.15) is 23.0 Å². The fraction of sp³-hybridized carbons (Fsp3) is 0.269. The average Bonchev–Trinajstić information content (AvgIpc) is 3.24. The number of morpholine rings is 1. The Kier molecular flexibility index (Phi) is 6.41. The fourth-order valence-electron chi connectivity index (χ4n) is 4.03. The van der Waals surface area contributed by atoms with Crippen LogP contribution in [-0.4, -0.2) is 57.5 Å². The Labute approximate surface area is 193 Å². The van der Waals surface area contributed by atoms with Gasteiger partial charge in [-0.1, -0.05) is 36.4 Å². The zero-order valence-corrected chi connectivity index (χ0v) is 18.7. The van der Waals surface area contributed by atoms with E-state index in [9.17, 15) is 0 Å². The van der Waals surface area contributed by atoms with E-state index in [0.29, 0.717) is 0 Å². The first-order valence-corrected chi connectivity index (χ1v) is 11.3. The minimum atomic E-state index is 0.782. The molecule has 5 rings (SSSR count). The Bertz CT molecular complexity index is 1200. The molecule has 0 atom stereocenters. The molecule has 1 aliphatic rings. The Morgan fingerprint density at radius 2 is 1.70 bits per heavy atom. The minimum Gasteiger partial charge on any atom is -0.457 e. The van der Waals surface area contributed by atoms with Gasteiger partial charge < -0.3 is 14.0 Å².